The van der Waals surface area contributed by atoms with Gasteiger partial charge in [-0.3, -0.25) is 19.2 Å². The number of nitriles is 2. The highest BCUT2D eigenvalue weighted by Crippen LogP contribution is 2.56. The molecular weight excluding hydrogens is 837 g/mol. The first-order valence-corrected chi connectivity index (χ1v) is 20.9. The fraction of sp³-hybridized carbons (Fsp3) is 0.200. The summed E-state index contributed by atoms with van der Waals surface area (Å²) in [5.41, 5.74) is 36.6. The molecule has 16 nitrogen and oxygen atoms in total. The quantitative estimate of drug-likeness (QED) is 0.112. The molecule has 0 fully saturated rings. The van der Waals surface area contributed by atoms with Gasteiger partial charge < -0.3 is 43.0 Å². The largest absolute Gasteiger partial charge is 0.384 e. The van der Waals surface area contributed by atoms with Crippen molar-refractivity contribution in [3.8, 4) is 12.1 Å². The number of aryl methyl sites for hydroxylation is 4. The number of carbonyl (C=O) groups excluding carboxylic acids is 4. The van der Waals surface area contributed by atoms with Crippen molar-refractivity contribution in [2.24, 2.45) is 11.5 Å². The zero-order chi connectivity index (χ0) is 46.9. The first kappa shape index (κ1) is 42.8. The molecule has 4 atom stereocenters. The number of hydrogen-bond donors (Lipinski definition) is 6. The Balaban J connectivity index is 0.000000166. The summed E-state index contributed by atoms with van der Waals surface area (Å²) in [6.45, 7) is 8.28. The van der Waals surface area contributed by atoms with E-state index >= 15 is 0 Å². The van der Waals surface area contributed by atoms with Crippen LogP contribution in [0.25, 0.3) is 0 Å². The molecule has 10 N–H and O–H groups in total. The minimum atomic E-state index is -0.659. The number of pyridine rings is 2. The monoisotopic (exact) mass is 878 g/mol. The molecule has 4 amide bonds. The fourth-order valence-corrected chi connectivity index (χ4v) is 9.51. The summed E-state index contributed by atoms with van der Waals surface area (Å²) >= 11 is 0. The third-order valence-corrected chi connectivity index (χ3v) is 12.7. The predicted molar refractivity (Wildman–Crippen MR) is 240 cm³/mol. The lowest BCUT2D eigenvalue weighted by Crippen LogP contribution is -2.24. The summed E-state index contributed by atoms with van der Waals surface area (Å²) in [5.74, 6) is -0.821. The van der Waals surface area contributed by atoms with Crippen LogP contribution in [0.4, 0.5) is 11.6 Å². The maximum atomic E-state index is 12.9. The zero-order valence-electron chi connectivity index (χ0n) is 36.2. The van der Waals surface area contributed by atoms with Crippen LogP contribution in [0.3, 0.4) is 0 Å². The number of carbonyl (C=O) groups is 4. The normalized spacial score (nSPS) is 17.2. The van der Waals surface area contributed by atoms with Gasteiger partial charge in [0.15, 0.2) is 0 Å². The highest BCUT2D eigenvalue weighted by molar-refractivity contribution is 5.98. The second-order valence-corrected chi connectivity index (χ2v) is 16.7. The molecule has 4 aliphatic rings. The second kappa shape index (κ2) is 16.3. The lowest BCUT2D eigenvalue weighted by molar-refractivity contribution is 0.0855. The summed E-state index contributed by atoms with van der Waals surface area (Å²) in [6.07, 6.45) is -1.50. The summed E-state index contributed by atoms with van der Waals surface area (Å²) in [5, 5.41) is 24.7. The number of rotatable bonds is 8. The maximum Gasteiger partial charge on any atom is 0.251 e. The van der Waals surface area contributed by atoms with Crippen molar-refractivity contribution in [3.05, 3.63) is 184 Å². The number of benzene rings is 4. The zero-order valence-corrected chi connectivity index (χ0v) is 36.2. The van der Waals surface area contributed by atoms with Gasteiger partial charge in [-0.2, -0.15) is 10.5 Å². The summed E-state index contributed by atoms with van der Waals surface area (Å²) < 4.78 is 12.3. The van der Waals surface area contributed by atoms with Crippen LogP contribution >= 0.6 is 0 Å². The van der Waals surface area contributed by atoms with Crippen LogP contribution < -0.4 is 33.6 Å². The van der Waals surface area contributed by atoms with Crippen LogP contribution in [0, 0.1) is 50.4 Å². The standard InChI is InChI=1S/2C25H21N5O3/c1-11-5-21(27)30-12(2)20(11)10-29-25(32)13-3-4-15-17(6-13)23-18-7-14(9-26)16(24(28)31)8-19(18)22(15)33-23;1-11-5-21(27)30-12(2)20(11)10-29-25(32)13-3-4-15-17(6-13)23-19-8-16(24(28)31)14(9-26)7-18(19)22(15)33-23/h2*3-8,22-23H,10H2,1-2H3,(H2,27,30)(H2,28,31)(H,29,32). The Hall–Kier alpha value is -8.44. The van der Waals surface area contributed by atoms with Crippen molar-refractivity contribution < 1.29 is 28.7 Å². The number of nitrogens with two attached hydrogens (primary N) is 4. The highest BCUT2D eigenvalue weighted by Gasteiger charge is 2.45. The SMILES string of the molecule is Cc1cc(N)nc(C)c1CNC(=O)c1ccc2c(c1)C1OC2c2cc(C#N)c(C(N)=O)cc21.Cc1cc(N)nc(C)c1CNC(=O)c1ccc2c(c1)C1OC2c2cc(C(N)=O)c(C#N)cc21. The Kier molecular flexibility index (Phi) is 10.6. The third-order valence-electron chi connectivity index (χ3n) is 12.7. The van der Waals surface area contributed by atoms with Crippen molar-refractivity contribution in [2.45, 2.75) is 65.2 Å². The molecule has 4 unspecified atom stereocenters. The van der Waals surface area contributed by atoms with E-state index in [9.17, 15) is 29.7 Å². The van der Waals surface area contributed by atoms with Crippen LogP contribution in [0.15, 0.2) is 72.8 Å². The molecule has 4 aromatic carbocycles. The van der Waals surface area contributed by atoms with Gasteiger partial charge >= 0.3 is 0 Å². The maximum absolute atomic E-state index is 12.9. The van der Waals surface area contributed by atoms with Gasteiger partial charge in [0.2, 0.25) is 11.8 Å². The van der Waals surface area contributed by atoms with Crippen molar-refractivity contribution in [1.29, 1.82) is 10.5 Å². The molecule has 66 heavy (non-hydrogen) atoms. The van der Waals surface area contributed by atoms with Crippen LogP contribution in [-0.4, -0.2) is 33.6 Å². The Morgan fingerprint density at radius 2 is 0.894 bits per heavy atom. The van der Waals surface area contributed by atoms with Crippen molar-refractivity contribution >= 4 is 35.3 Å². The van der Waals surface area contributed by atoms with E-state index in [-0.39, 0.29) is 46.3 Å². The van der Waals surface area contributed by atoms with E-state index in [1.165, 1.54) is 0 Å². The number of nitrogens with one attached hydrogen (secondary N) is 2. The number of aromatic nitrogens is 2. The molecule has 0 radical (unpaired) electrons. The van der Waals surface area contributed by atoms with Crippen molar-refractivity contribution in [2.75, 3.05) is 11.5 Å². The molecule has 4 bridgehead atoms. The van der Waals surface area contributed by atoms with E-state index in [0.29, 0.717) is 35.9 Å². The average Bonchev–Trinajstić information content (AvgIpc) is 4.06. The lowest BCUT2D eigenvalue weighted by Gasteiger charge is -2.18. The molecule has 6 heterocycles. The van der Waals surface area contributed by atoms with Crippen LogP contribution in [0.5, 0.6) is 0 Å². The van der Waals surface area contributed by atoms with Crippen molar-refractivity contribution in [1.82, 2.24) is 20.6 Å². The van der Waals surface area contributed by atoms with Crippen molar-refractivity contribution in [3.63, 3.8) is 0 Å². The Bertz CT molecular complexity index is 3190. The Labute approximate surface area is 378 Å². The number of fused-ring (bicyclic) bond motifs is 16. The first-order chi connectivity index (χ1) is 31.6. The summed E-state index contributed by atoms with van der Waals surface area (Å²) in [6, 6.07) is 25.2. The number of anilines is 2. The van der Waals surface area contributed by atoms with Gasteiger partial charge in [0.05, 0.1) is 34.4 Å². The van der Waals surface area contributed by atoms with Gasteiger partial charge in [-0.25, -0.2) is 9.97 Å². The van der Waals surface area contributed by atoms with Crippen LogP contribution in [0.1, 0.15) is 155 Å². The summed E-state index contributed by atoms with van der Waals surface area (Å²) in [7, 11) is 0. The fourth-order valence-electron chi connectivity index (χ4n) is 9.51. The van der Waals surface area contributed by atoms with E-state index in [2.05, 4.69) is 20.6 Å². The molecule has 4 aliphatic heterocycles. The molecule has 6 aromatic rings. The number of amides is 4. The van der Waals surface area contributed by atoms with Gasteiger partial charge in [0, 0.05) is 35.6 Å². The second-order valence-electron chi connectivity index (χ2n) is 16.7. The Morgan fingerprint density at radius 3 is 1.24 bits per heavy atom. The Morgan fingerprint density at radius 1 is 0.545 bits per heavy atom. The molecule has 328 valence electrons. The number of ether oxygens (including phenoxy) is 2. The molecule has 0 saturated carbocycles. The van der Waals surface area contributed by atoms with Crippen LogP contribution in [-0.2, 0) is 22.6 Å². The molecule has 0 saturated heterocycles. The average molecular weight is 879 g/mol. The van der Waals surface area contributed by atoms with E-state index in [1.807, 2.05) is 64.1 Å². The van der Waals surface area contributed by atoms with E-state index in [4.69, 9.17) is 32.4 Å². The van der Waals surface area contributed by atoms with Gasteiger partial charge in [-0.15, -0.1) is 0 Å². The molecule has 2 aromatic heterocycles. The van der Waals surface area contributed by atoms with Gasteiger partial charge in [-0.1, -0.05) is 12.1 Å². The highest BCUT2D eigenvalue weighted by atomic mass is 16.5. The minimum Gasteiger partial charge on any atom is -0.384 e. The number of primary amides is 2. The number of nitrogen functional groups attached to an aromatic ring is 2. The predicted octanol–water partition coefficient (Wildman–Crippen LogP) is 5.41. The molecule has 10 rings (SSSR count). The van der Waals surface area contributed by atoms with Gasteiger partial charge in [-0.05, 0) is 155 Å². The lowest BCUT2D eigenvalue weighted by atomic mass is 9.83. The third kappa shape index (κ3) is 7.20. The summed E-state index contributed by atoms with van der Waals surface area (Å²) in [4.78, 5) is 57.9. The molecule has 0 spiro atoms. The number of hydrogen-bond acceptors (Lipinski definition) is 12. The van der Waals surface area contributed by atoms with E-state index in [0.717, 1.165) is 78.1 Å². The molecular formula is C50H42N10O6. The first-order valence-electron chi connectivity index (χ1n) is 20.9. The topological polar surface area (TPSA) is 288 Å². The smallest absolute Gasteiger partial charge is 0.251 e. The number of nitrogens with zero attached hydrogens (tertiary/aromatic N) is 4. The minimum absolute atomic E-state index is 0.172. The van der Waals surface area contributed by atoms with Gasteiger partial charge in [0.1, 0.15) is 36.1 Å². The molecule has 0 aliphatic carbocycles. The van der Waals surface area contributed by atoms with E-state index in [1.54, 1.807) is 48.5 Å². The van der Waals surface area contributed by atoms with E-state index < -0.39 is 24.0 Å². The van der Waals surface area contributed by atoms with Gasteiger partial charge in [0.25, 0.3) is 11.8 Å². The van der Waals surface area contributed by atoms with Crippen LogP contribution in [0.2, 0.25) is 0 Å². The molecule has 16 heteroatoms.